The lowest BCUT2D eigenvalue weighted by Crippen LogP contribution is -2.41. The molecule has 0 unspecified atom stereocenters. The molecule has 0 spiro atoms. The third-order valence-electron chi connectivity index (χ3n) is 4.63. The molecule has 1 fully saturated rings. The van der Waals surface area contributed by atoms with Crippen LogP contribution in [0.1, 0.15) is 43.5 Å². The van der Waals surface area contributed by atoms with Crippen LogP contribution in [0, 0.1) is 6.92 Å². The van der Waals surface area contributed by atoms with Gasteiger partial charge in [-0.3, -0.25) is 4.79 Å². The zero-order valence-electron chi connectivity index (χ0n) is 14.3. The largest absolute Gasteiger partial charge is 0.362 e. The molecule has 1 aromatic heterocycles. The van der Waals surface area contributed by atoms with Crippen molar-refractivity contribution in [3.63, 3.8) is 0 Å². The van der Waals surface area contributed by atoms with Crippen LogP contribution in [-0.2, 0) is 16.1 Å². The summed E-state index contributed by atoms with van der Waals surface area (Å²) >= 11 is 0. The molecule has 0 saturated carbocycles. The number of aromatic nitrogens is 2. The van der Waals surface area contributed by atoms with Crippen LogP contribution in [0.4, 0.5) is 0 Å². The van der Waals surface area contributed by atoms with Crippen molar-refractivity contribution in [1.82, 2.24) is 15.0 Å². The number of nitrogens with zero attached hydrogens (tertiary/aromatic N) is 3. The van der Waals surface area contributed by atoms with Crippen molar-refractivity contribution in [1.29, 1.82) is 0 Å². The minimum absolute atomic E-state index is 0.00432. The molecule has 2 aromatic rings. The van der Waals surface area contributed by atoms with Crippen molar-refractivity contribution >= 4 is 5.91 Å². The number of carbonyl (C=O) groups is 1. The van der Waals surface area contributed by atoms with Crippen molar-refractivity contribution in [2.45, 2.75) is 51.8 Å². The third kappa shape index (κ3) is 3.48. The quantitative estimate of drug-likeness (QED) is 0.843. The van der Waals surface area contributed by atoms with E-state index in [1.165, 1.54) is 5.56 Å². The Morgan fingerprint density at radius 1 is 1.33 bits per heavy atom. The van der Waals surface area contributed by atoms with Gasteiger partial charge in [0, 0.05) is 18.0 Å². The van der Waals surface area contributed by atoms with Crippen LogP contribution in [0.15, 0.2) is 34.9 Å². The smallest absolute Gasteiger partial charge is 0.252 e. The van der Waals surface area contributed by atoms with Crippen LogP contribution in [0.25, 0.3) is 0 Å². The highest BCUT2D eigenvalue weighted by molar-refractivity contribution is 5.78. The maximum absolute atomic E-state index is 12.6. The van der Waals surface area contributed by atoms with Gasteiger partial charge in [0.1, 0.15) is 13.2 Å². The number of hydrogen-bond acceptors (Lipinski definition) is 5. The number of benzene rings is 1. The molecule has 128 valence electrons. The van der Waals surface area contributed by atoms with Gasteiger partial charge in [0.25, 0.3) is 5.89 Å². The molecule has 1 aromatic carbocycles. The van der Waals surface area contributed by atoms with Gasteiger partial charge >= 0.3 is 0 Å². The maximum Gasteiger partial charge on any atom is 0.252 e. The highest BCUT2D eigenvalue weighted by Crippen LogP contribution is 2.37. The van der Waals surface area contributed by atoms with Gasteiger partial charge in [0.15, 0.2) is 5.82 Å². The molecule has 1 aliphatic rings. The lowest BCUT2D eigenvalue weighted by atomic mass is 9.92. The summed E-state index contributed by atoms with van der Waals surface area (Å²) in [4.78, 5) is 18.6. The molecule has 24 heavy (non-hydrogen) atoms. The zero-order valence-corrected chi connectivity index (χ0v) is 14.3. The van der Waals surface area contributed by atoms with Crippen molar-refractivity contribution in [3.8, 4) is 0 Å². The molecule has 6 nitrogen and oxygen atoms in total. The first-order valence-corrected chi connectivity index (χ1v) is 8.29. The Balaban J connectivity index is 1.58. The van der Waals surface area contributed by atoms with Crippen LogP contribution in [-0.4, -0.2) is 39.6 Å². The standard InChI is InChI=1S/C18H23N3O3/c1-12-9-16(15-7-5-4-6-8-15)13(2)21(12)18(22)11-23-10-17-19-14(3)20-24-17/h4-8,12-13,16H,9-11H2,1-3H3/t12-,13+,16-/m1/s1. The van der Waals surface area contributed by atoms with E-state index in [-0.39, 0.29) is 31.2 Å². The van der Waals surface area contributed by atoms with Gasteiger partial charge in [-0.05, 0) is 32.8 Å². The van der Waals surface area contributed by atoms with Crippen LogP contribution >= 0.6 is 0 Å². The topological polar surface area (TPSA) is 68.5 Å². The minimum atomic E-state index is 0.00432. The summed E-state index contributed by atoms with van der Waals surface area (Å²) in [6.07, 6.45) is 0.972. The highest BCUT2D eigenvalue weighted by Gasteiger charge is 2.39. The van der Waals surface area contributed by atoms with Gasteiger partial charge in [-0.1, -0.05) is 35.5 Å². The van der Waals surface area contributed by atoms with E-state index >= 15 is 0 Å². The fourth-order valence-electron chi connectivity index (χ4n) is 3.56. The SMILES string of the molecule is Cc1noc(COCC(=O)N2[C@H](C)C[C@@H](c3ccccc3)[C@@H]2C)n1. The maximum atomic E-state index is 12.6. The number of likely N-dealkylation sites (tertiary alicyclic amines) is 1. The zero-order chi connectivity index (χ0) is 17.1. The van der Waals surface area contributed by atoms with Gasteiger partial charge in [-0.2, -0.15) is 4.98 Å². The van der Waals surface area contributed by atoms with Crippen molar-refractivity contribution in [2.75, 3.05) is 6.61 Å². The lowest BCUT2D eigenvalue weighted by molar-refractivity contribution is -0.139. The molecule has 1 amide bonds. The fourth-order valence-corrected chi connectivity index (χ4v) is 3.56. The Bertz CT molecular complexity index is 686. The number of hydrogen-bond donors (Lipinski definition) is 0. The van der Waals surface area contributed by atoms with Gasteiger partial charge in [0.2, 0.25) is 5.91 Å². The second-order valence-electron chi connectivity index (χ2n) is 6.37. The summed E-state index contributed by atoms with van der Waals surface area (Å²) in [5.74, 6) is 1.32. The average Bonchev–Trinajstić information content (AvgIpc) is 3.11. The van der Waals surface area contributed by atoms with E-state index in [4.69, 9.17) is 9.26 Å². The van der Waals surface area contributed by atoms with Crippen LogP contribution in [0.2, 0.25) is 0 Å². The van der Waals surface area contributed by atoms with E-state index in [9.17, 15) is 4.79 Å². The molecule has 1 saturated heterocycles. The Morgan fingerprint density at radius 3 is 2.75 bits per heavy atom. The van der Waals surface area contributed by atoms with E-state index in [2.05, 4.69) is 36.1 Å². The summed E-state index contributed by atoms with van der Waals surface area (Å²) in [5.41, 5.74) is 1.29. The Kier molecular flexibility index (Phi) is 4.94. The van der Waals surface area contributed by atoms with Crippen molar-refractivity contribution in [2.24, 2.45) is 0 Å². The molecule has 6 heteroatoms. The Labute approximate surface area is 141 Å². The summed E-state index contributed by atoms with van der Waals surface area (Å²) in [6, 6.07) is 10.7. The summed E-state index contributed by atoms with van der Waals surface area (Å²) in [5, 5.41) is 3.70. The van der Waals surface area contributed by atoms with Gasteiger partial charge in [0.05, 0.1) is 0 Å². The molecule has 0 N–H and O–H groups in total. The van der Waals surface area contributed by atoms with Crippen LogP contribution < -0.4 is 0 Å². The number of ether oxygens (including phenoxy) is 1. The number of carbonyl (C=O) groups excluding carboxylic acids is 1. The molecule has 3 rings (SSSR count). The van der Waals surface area contributed by atoms with E-state index < -0.39 is 0 Å². The summed E-state index contributed by atoms with van der Waals surface area (Å²) in [7, 11) is 0. The predicted octanol–water partition coefficient (Wildman–Crippen LogP) is 2.69. The molecule has 1 aliphatic heterocycles. The minimum Gasteiger partial charge on any atom is -0.362 e. The van der Waals surface area contributed by atoms with Crippen LogP contribution in [0.3, 0.4) is 0 Å². The van der Waals surface area contributed by atoms with E-state index in [1.54, 1.807) is 6.92 Å². The third-order valence-corrected chi connectivity index (χ3v) is 4.63. The van der Waals surface area contributed by atoms with E-state index in [0.29, 0.717) is 17.6 Å². The highest BCUT2D eigenvalue weighted by atomic mass is 16.5. The lowest BCUT2D eigenvalue weighted by Gasteiger charge is -2.27. The van der Waals surface area contributed by atoms with Crippen molar-refractivity contribution < 1.29 is 14.1 Å². The average molecular weight is 329 g/mol. The second kappa shape index (κ2) is 7.13. The monoisotopic (exact) mass is 329 g/mol. The summed E-state index contributed by atoms with van der Waals surface area (Å²) < 4.78 is 10.4. The Hall–Kier alpha value is -2.21. The molecule has 0 radical (unpaired) electrons. The van der Waals surface area contributed by atoms with Crippen LogP contribution in [0.5, 0.6) is 0 Å². The molecule has 0 aliphatic carbocycles. The molecule has 3 atom stereocenters. The van der Waals surface area contributed by atoms with Crippen molar-refractivity contribution in [3.05, 3.63) is 47.6 Å². The predicted molar refractivity (Wildman–Crippen MR) is 88.3 cm³/mol. The molecular formula is C18H23N3O3. The number of aryl methyl sites for hydroxylation is 1. The first-order valence-electron chi connectivity index (χ1n) is 8.29. The normalized spacial score (nSPS) is 23.6. The summed E-state index contributed by atoms with van der Waals surface area (Å²) in [6.45, 7) is 6.14. The molecular weight excluding hydrogens is 306 g/mol. The first-order chi connectivity index (χ1) is 11.6. The molecule has 0 bridgehead atoms. The number of rotatable bonds is 5. The first kappa shape index (κ1) is 16.6. The van der Waals surface area contributed by atoms with E-state index in [0.717, 1.165) is 6.42 Å². The van der Waals surface area contributed by atoms with Gasteiger partial charge < -0.3 is 14.2 Å². The molecule has 2 heterocycles. The number of amides is 1. The van der Waals surface area contributed by atoms with Gasteiger partial charge in [-0.15, -0.1) is 0 Å². The second-order valence-corrected chi connectivity index (χ2v) is 6.37. The fraction of sp³-hybridized carbons (Fsp3) is 0.500. The van der Waals surface area contributed by atoms with E-state index in [1.807, 2.05) is 23.1 Å². The van der Waals surface area contributed by atoms with Gasteiger partial charge in [-0.25, -0.2) is 0 Å². The Morgan fingerprint density at radius 2 is 2.08 bits per heavy atom.